The number of hydrogen-bond acceptors (Lipinski definition) is 8. The molecule has 1 heterocycles. The number of aliphatic hydroxyl groups excluding tert-OH is 1. The highest BCUT2D eigenvalue weighted by molar-refractivity contribution is 5.68. The molecule has 1 rings (SSSR count). The summed E-state index contributed by atoms with van der Waals surface area (Å²) in [7, 11) is 0. The Morgan fingerprint density at radius 1 is 1.00 bits per heavy atom. The second-order valence-electron chi connectivity index (χ2n) is 4.43. The van der Waals surface area contributed by atoms with E-state index in [1.807, 2.05) is 0 Å². The molecule has 0 spiro atoms. The molecular formula is C12H17FO8. The molecule has 0 aromatic rings. The van der Waals surface area contributed by atoms with E-state index in [9.17, 15) is 23.9 Å². The topological polar surface area (TPSA) is 108 Å². The van der Waals surface area contributed by atoms with Crippen molar-refractivity contribution in [3.63, 3.8) is 0 Å². The van der Waals surface area contributed by atoms with E-state index in [-0.39, 0.29) is 0 Å². The van der Waals surface area contributed by atoms with Gasteiger partial charge in [-0.05, 0) is 0 Å². The maximum atomic E-state index is 14.3. The van der Waals surface area contributed by atoms with E-state index < -0.39 is 55.3 Å². The van der Waals surface area contributed by atoms with Crippen molar-refractivity contribution < 1.29 is 42.8 Å². The van der Waals surface area contributed by atoms with Gasteiger partial charge < -0.3 is 24.1 Å². The molecule has 1 aliphatic heterocycles. The SMILES string of the molecule is CC(=O)OC1O[C@H](CO)[C@@H](OC(C)=O)[C@H](OC(C)=O)[C@H]1F. The fourth-order valence-electron chi connectivity index (χ4n) is 1.93. The van der Waals surface area contributed by atoms with Crippen LogP contribution in [0.3, 0.4) is 0 Å². The molecule has 1 N–H and O–H groups in total. The molecule has 0 aliphatic carbocycles. The van der Waals surface area contributed by atoms with E-state index in [4.69, 9.17) is 14.2 Å². The molecule has 1 unspecified atom stereocenters. The van der Waals surface area contributed by atoms with Gasteiger partial charge in [0.05, 0.1) is 6.61 Å². The first-order valence-corrected chi connectivity index (χ1v) is 6.18. The van der Waals surface area contributed by atoms with Gasteiger partial charge in [-0.15, -0.1) is 0 Å². The first-order valence-electron chi connectivity index (χ1n) is 6.18. The molecule has 0 radical (unpaired) electrons. The van der Waals surface area contributed by atoms with E-state index in [2.05, 4.69) is 4.74 Å². The summed E-state index contributed by atoms with van der Waals surface area (Å²) < 4.78 is 33.6. The predicted molar refractivity (Wildman–Crippen MR) is 63.5 cm³/mol. The van der Waals surface area contributed by atoms with Crippen LogP contribution >= 0.6 is 0 Å². The van der Waals surface area contributed by atoms with Gasteiger partial charge in [0, 0.05) is 20.8 Å². The summed E-state index contributed by atoms with van der Waals surface area (Å²) in [6, 6.07) is 0. The minimum Gasteiger partial charge on any atom is -0.456 e. The second kappa shape index (κ2) is 7.32. The highest BCUT2D eigenvalue weighted by Crippen LogP contribution is 2.29. The predicted octanol–water partition coefficient (Wildman–Crippen LogP) is -0.532. The fourth-order valence-corrected chi connectivity index (χ4v) is 1.93. The molecule has 21 heavy (non-hydrogen) atoms. The highest BCUT2D eigenvalue weighted by Gasteiger charge is 2.51. The molecule has 0 aromatic carbocycles. The van der Waals surface area contributed by atoms with Crippen molar-refractivity contribution in [3.8, 4) is 0 Å². The lowest BCUT2D eigenvalue weighted by atomic mass is 9.99. The zero-order valence-electron chi connectivity index (χ0n) is 11.8. The van der Waals surface area contributed by atoms with Crippen molar-refractivity contribution in [2.24, 2.45) is 0 Å². The van der Waals surface area contributed by atoms with Crippen molar-refractivity contribution in [2.75, 3.05) is 6.61 Å². The number of aliphatic hydroxyl groups is 1. The van der Waals surface area contributed by atoms with Crippen LogP contribution in [0.2, 0.25) is 0 Å². The standard InChI is InChI=1S/C12H17FO8/c1-5(15)18-10-8(4-14)21-12(20-7(3)17)9(13)11(10)19-6(2)16/h8-12,14H,4H2,1-3H3/t8-,9-,10-,11-,12?/m1/s1. The first kappa shape index (κ1) is 17.3. The van der Waals surface area contributed by atoms with Gasteiger partial charge in [0.15, 0.2) is 12.2 Å². The van der Waals surface area contributed by atoms with Gasteiger partial charge in [0.1, 0.15) is 6.10 Å². The van der Waals surface area contributed by atoms with Gasteiger partial charge in [0.25, 0.3) is 0 Å². The molecule has 8 nitrogen and oxygen atoms in total. The van der Waals surface area contributed by atoms with Crippen molar-refractivity contribution in [3.05, 3.63) is 0 Å². The maximum Gasteiger partial charge on any atom is 0.305 e. The van der Waals surface area contributed by atoms with Crippen LogP contribution < -0.4 is 0 Å². The second-order valence-corrected chi connectivity index (χ2v) is 4.43. The number of carbonyl (C=O) groups is 3. The Bertz CT molecular complexity index is 412. The summed E-state index contributed by atoms with van der Waals surface area (Å²) in [5.41, 5.74) is 0. The Morgan fingerprint density at radius 2 is 1.48 bits per heavy atom. The van der Waals surface area contributed by atoms with Gasteiger partial charge in [-0.3, -0.25) is 14.4 Å². The number of ether oxygens (including phenoxy) is 4. The molecule has 0 bridgehead atoms. The van der Waals surface area contributed by atoms with Crippen LogP contribution in [0.4, 0.5) is 4.39 Å². The minimum absolute atomic E-state index is 0.653. The van der Waals surface area contributed by atoms with Crippen molar-refractivity contribution in [1.29, 1.82) is 0 Å². The third-order valence-electron chi connectivity index (χ3n) is 2.64. The molecule has 120 valence electrons. The van der Waals surface area contributed by atoms with E-state index in [1.165, 1.54) is 0 Å². The Labute approximate surface area is 120 Å². The number of esters is 3. The number of alkyl halides is 1. The third-order valence-corrected chi connectivity index (χ3v) is 2.64. The van der Waals surface area contributed by atoms with Gasteiger partial charge in [0.2, 0.25) is 12.5 Å². The van der Waals surface area contributed by atoms with Gasteiger partial charge >= 0.3 is 17.9 Å². The normalized spacial score (nSPS) is 32.1. The highest BCUT2D eigenvalue weighted by atomic mass is 19.1. The molecule has 1 fully saturated rings. The van der Waals surface area contributed by atoms with Crippen LogP contribution in [0, 0.1) is 0 Å². The molecule has 0 aromatic heterocycles. The van der Waals surface area contributed by atoms with E-state index >= 15 is 0 Å². The smallest absolute Gasteiger partial charge is 0.305 e. The molecule has 0 saturated carbocycles. The zero-order chi connectivity index (χ0) is 16.2. The van der Waals surface area contributed by atoms with Gasteiger partial charge in [-0.2, -0.15) is 0 Å². The van der Waals surface area contributed by atoms with Crippen LogP contribution in [0.15, 0.2) is 0 Å². The van der Waals surface area contributed by atoms with Crippen LogP contribution in [0.5, 0.6) is 0 Å². The largest absolute Gasteiger partial charge is 0.456 e. The van der Waals surface area contributed by atoms with Crippen molar-refractivity contribution >= 4 is 17.9 Å². The third kappa shape index (κ3) is 4.64. The lowest BCUT2D eigenvalue weighted by molar-refractivity contribution is -0.284. The maximum absolute atomic E-state index is 14.3. The average molecular weight is 308 g/mol. The van der Waals surface area contributed by atoms with Crippen molar-refractivity contribution in [2.45, 2.75) is 51.5 Å². The molecule has 1 aliphatic rings. The van der Waals surface area contributed by atoms with Crippen LogP contribution in [-0.4, -0.2) is 60.4 Å². The summed E-state index contributed by atoms with van der Waals surface area (Å²) in [5, 5.41) is 9.24. The Morgan fingerprint density at radius 3 is 1.90 bits per heavy atom. The molecular weight excluding hydrogens is 291 g/mol. The fraction of sp³-hybridized carbons (Fsp3) is 0.750. The lowest BCUT2D eigenvalue weighted by Gasteiger charge is -2.41. The molecule has 5 atom stereocenters. The van der Waals surface area contributed by atoms with E-state index in [0.717, 1.165) is 20.8 Å². The summed E-state index contributed by atoms with van der Waals surface area (Å²) in [6.45, 7) is 2.51. The first-order chi connectivity index (χ1) is 9.76. The molecule has 9 heteroatoms. The number of carbonyl (C=O) groups excluding carboxylic acids is 3. The Kier molecular flexibility index (Phi) is 6.03. The Hall–Kier alpha value is -1.74. The van der Waals surface area contributed by atoms with Crippen LogP contribution in [0.1, 0.15) is 20.8 Å². The minimum atomic E-state index is -2.06. The summed E-state index contributed by atoms with van der Waals surface area (Å²) in [4.78, 5) is 33.1. The van der Waals surface area contributed by atoms with Gasteiger partial charge in [-0.1, -0.05) is 0 Å². The summed E-state index contributed by atoms with van der Waals surface area (Å²) in [5.74, 6) is -2.40. The lowest BCUT2D eigenvalue weighted by Crippen LogP contribution is -2.60. The van der Waals surface area contributed by atoms with E-state index in [1.54, 1.807) is 0 Å². The Balaban J connectivity index is 3.01. The van der Waals surface area contributed by atoms with E-state index in [0.29, 0.717) is 0 Å². The van der Waals surface area contributed by atoms with Gasteiger partial charge in [-0.25, -0.2) is 4.39 Å². The van der Waals surface area contributed by atoms with Crippen LogP contribution in [0.25, 0.3) is 0 Å². The van der Waals surface area contributed by atoms with Crippen molar-refractivity contribution in [1.82, 2.24) is 0 Å². The zero-order valence-corrected chi connectivity index (χ0v) is 11.8. The summed E-state index contributed by atoms with van der Waals surface area (Å²) in [6.07, 6.45) is -7.84. The summed E-state index contributed by atoms with van der Waals surface area (Å²) >= 11 is 0. The number of rotatable bonds is 4. The molecule has 1 saturated heterocycles. The molecule has 0 amide bonds. The average Bonchev–Trinajstić information content (AvgIpc) is 2.35. The monoisotopic (exact) mass is 308 g/mol. The number of hydrogen-bond donors (Lipinski definition) is 1. The van der Waals surface area contributed by atoms with Crippen LogP contribution in [-0.2, 0) is 33.3 Å². The quantitative estimate of drug-likeness (QED) is 0.545. The number of halogens is 1.